The number of ether oxygens (including phenoxy) is 1. The molecule has 0 aliphatic rings. The number of para-hydroxylation sites is 1. The number of nitrogens with one attached hydrogen (secondary N) is 2. The van der Waals surface area contributed by atoms with Crippen LogP contribution in [-0.2, 0) is 6.61 Å². The molecule has 0 aliphatic carbocycles. The van der Waals surface area contributed by atoms with Gasteiger partial charge in [-0.25, -0.2) is 4.79 Å². The molecule has 0 saturated carbocycles. The number of rotatable bonds is 6. The van der Waals surface area contributed by atoms with Crippen LogP contribution >= 0.6 is 12.2 Å². The maximum atomic E-state index is 12.4. The molecule has 0 heterocycles. The number of hydrogen-bond donors (Lipinski definition) is 3. The van der Waals surface area contributed by atoms with Gasteiger partial charge in [-0.2, -0.15) is 0 Å². The van der Waals surface area contributed by atoms with Crippen molar-refractivity contribution in [3.05, 3.63) is 95.6 Å². The van der Waals surface area contributed by atoms with E-state index in [0.29, 0.717) is 23.6 Å². The van der Waals surface area contributed by atoms with Gasteiger partial charge in [-0.05, 0) is 54.2 Å². The summed E-state index contributed by atoms with van der Waals surface area (Å²) in [6, 6.07) is 22.7. The first kappa shape index (κ1) is 20.0. The second kappa shape index (κ2) is 9.48. The van der Waals surface area contributed by atoms with E-state index in [4.69, 9.17) is 17.0 Å². The summed E-state index contributed by atoms with van der Waals surface area (Å²) >= 11 is 5.12. The third-order valence-electron chi connectivity index (χ3n) is 4.00. The van der Waals surface area contributed by atoms with Crippen molar-refractivity contribution in [1.29, 1.82) is 0 Å². The van der Waals surface area contributed by atoms with Gasteiger partial charge in [-0.3, -0.25) is 10.1 Å². The van der Waals surface area contributed by atoms with Crippen molar-refractivity contribution < 1.29 is 19.4 Å². The molecule has 146 valence electrons. The maximum absolute atomic E-state index is 12.4. The first-order valence-electron chi connectivity index (χ1n) is 8.74. The van der Waals surface area contributed by atoms with E-state index in [9.17, 15) is 14.7 Å². The minimum Gasteiger partial charge on any atom is -0.489 e. The van der Waals surface area contributed by atoms with Crippen molar-refractivity contribution in [3.8, 4) is 5.75 Å². The number of carbonyl (C=O) groups is 2. The topological polar surface area (TPSA) is 87.7 Å². The Morgan fingerprint density at radius 3 is 2.24 bits per heavy atom. The van der Waals surface area contributed by atoms with Crippen LogP contribution in [-0.4, -0.2) is 22.1 Å². The zero-order valence-electron chi connectivity index (χ0n) is 15.3. The number of carboxylic acid groups (broad SMARTS) is 1. The summed E-state index contributed by atoms with van der Waals surface area (Å²) in [6.07, 6.45) is 0. The molecular weight excluding hydrogens is 388 g/mol. The first-order chi connectivity index (χ1) is 14.0. The summed E-state index contributed by atoms with van der Waals surface area (Å²) in [5.41, 5.74) is 1.80. The van der Waals surface area contributed by atoms with Gasteiger partial charge in [0.2, 0.25) is 0 Å². The number of anilines is 1. The molecule has 29 heavy (non-hydrogen) atoms. The van der Waals surface area contributed by atoms with E-state index in [1.807, 2.05) is 30.3 Å². The molecule has 0 saturated heterocycles. The van der Waals surface area contributed by atoms with Gasteiger partial charge in [0.15, 0.2) is 5.11 Å². The highest BCUT2D eigenvalue weighted by molar-refractivity contribution is 7.80. The van der Waals surface area contributed by atoms with Crippen LogP contribution in [0.25, 0.3) is 0 Å². The van der Waals surface area contributed by atoms with E-state index in [2.05, 4.69) is 10.6 Å². The van der Waals surface area contributed by atoms with Gasteiger partial charge in [-0.1, -0.05) is 42.5 Å². The molecule has 6 nitrogen and oxygen atoms in total. The van der Waals surface area contributed by atoms with Gasteiger partial charge >= 0.3 is 5.97 Å². The standard InChI is InChI=1S/C22H18N2O4S/c25-20(24-22(29)23-19-9-5-4-8-18(19)21(26)27)16-10-12-17(13-11-16)28-14-15-6-2-1-3-7-15/h1-13H,14H2,(H,26,27)(H2,23,24,25,29). The molecule has 3 N–H and O–H groups in total. The summed E-state index contributed by atoms with van der Waals surface area (Å²) in [7, 11) is 0. The van der Waals surface area contributed by atoms with Crippen LogP contribution in [0.5, 0.6) is 5.75 Å². The van der Waals surface area contributed by atoms with E-state index in [1.165, 1.54) is 6.07 Å². The van der Waals surface area contributed by atoms with Crippen LogP contribution in [0.1, 0.15) is 26.3 Å². The molecular formula is C22H18N2O4S. The fourth-order valence-corrected chi connectivity index (χ4v) is 2.75. The normalized spacial score (nSPS) is 10.1. The van der Waals surface area contributed by atoms with E-state index >= 15 is 0 Å². The molecule has 0 aliphatic heterocycles. The zero-order chi connectivity index (χ0) is 20.6. The number of benzene rings is 3. The predicted octanol–water partition coefficient (Wildman–Crippen LogP) is 4.09. The lowest BCUT2D eigenvalue weighted by Gasteiger charge is -2.12. The molecule has 0 radical (unpaired) electrons. The van der Waals surface area contributed by atoms with Crippen molar-refractivity contribution >= 4 is 34.9 Å². The van der Waals surface area contributed by atoms with E-state index in [0.717, 1.165) is 5.56 Å². The molecule has 0 atom stereocenters. The average Bonchev–Trinajstić information content (AvgIpc) is 2.73. The van der Waals surface area contributed by atoms with Gasteiger partial charge in [0.25, 0.3) is 5.91 Å². The second-order valence-electron chi connectivity index (χ2n) is 6.06. The van der Waals surface area contributed by atoms with Crippen molar-refractivity contribution in [2.45, 2.75) is 6.61 Å². The Bertz CT molecular complexity index is 1020. The molecule has 0 spiro atoms. The van der Waals surface area contributed by atoms with Crippen LogP contribution in [0, 0.1) is 0 Å². The Kier molecular flexibility index (Phi) is 6.55. The van der Waals surface area contributed by atoms with Gasteiger partial charge in [0, 0.05) is 5.56 Å². The highest BCUT2D eigenvalue weighted by atomic mass is 32.1. The van der Waals surface area contributed by atoms with E-state index in [1.54, 1.807) is 42.5 Å². The van der Waals surface area contributed by atoms with Gasteiger partial charge in [0.05, 0.1) is 11.3 Å². The third kappa shape index (κ3) is 5.63. The zero-order valence-corrected chi connectivity index (χ0v) is 16.1. The highest BCUT2D eigenvalue weighted by Gasteiger charge is 2.12. The van der Waals surface area contributed by atoms with E-state index in [-0.39, 0.29) is 10.7 Å². The summed E-state index contributed by atoms with van der Waals surface area (Å²) in [4.78, 5) is 23.6. The number of carboxylic acids is 1. The summed E-state index contributed by atoms with van der Waals surface area (Å²) < 4.78 is 5.70. The Morgan fingerprint density at radius 2 is 1.55 bits per heavy atom. The third-order valence-corrected chi connectivity index (χ3v) is 4.20. The molecule has 7 heteroatoms. The van der Waals surface area contributed by atoms with Crippen molar-refractivity contribution in [3.63, 3.8) is 0 Å². The quantitative estimate of drug-likeness (QED) is 0.535. The van der Waals surface area contributed by atoms with Crippen LogP contribution in [0.2, 0.25) is 0 Å². The summed E-state index contributed by atoms with van der Waals surface area (Å²) in [5.74, 6) is -0.861. The first-order valence-corrected chi connectivity index (χ1v) is 9.15. The van der Waals surface area contributed by atoms with Crippen molar-refractivity contribution in [1.82, 2.24) is 5.32 Å². The summed E-state index contributed by atoms with van der Waals surface area (Å²) in [5, 5.41) is 14.5. The van der Waals surface area contributed by atoms with E-state index < -0.39 is 11.9 Å². The lowest BCUT2D eigenvalue weighted by Crippen LogP contribution is -2.34. The van der Waals surface area contributed by atoms with Crippen LogP contribution in [0.3, 0.4) is 0 Å². The molecule has 3 aromatic carbocycles. The number of carbonyl (C=O) groups excluding carboxylic acids is 1. The summed E-state index contributed by atoms with van der Waals surface area (Å²) in [6.45, 7) is 0.434. The van der Waals surface area contributed by atoms with Crippen LogP contribution in [0.15, 0.2) is 78.9 Å². The lowest BCUT2D eigenvalue weighted by molar-refractivity contribution is 0.0697. The molecule has 0 unspecified atom stereocenters. The Morgan fingerprint density at radius 1 is 0.897 bits per heavy atom. The van der Waals surface area contributed by atoms with Gasteiger partial charge in [0.1, 0.15) is 12.4 Å². The second-order valence-corrected chi connectivity index (χ2v) is 6.47. The number of hydrogen-bond acceptors (Lipinski definition) is 4. The monoisotopic (exact) mass is 406 g/mol. The Balaban J connectivity index is 1.56. The molecule has 3 rings (SSSR count). The lowest BCUT2D eigenvalue weighted by atomic mass is 10.2. The molecule has 0 fully saturated rings. The fraction of sp³-hybridized carbons (Fsp3) is 0.0455. The molecule has 0 aromatic heterocycles. The minimum absolute atomic E-state index is 0.00750. The smallest absolute Gasteiger partial charge is 0.337 e. The SMILES string of the molecule is O=C(NC(=S)Nc1ccccc1C(=O)O)c1ccc(OCc2ccccc2)cc1. The average molecular weight is 406 g/mol. The minimum atomic E-state index is -1.09. The van der Waals surface area contributed by atoms with Crippen LogP contribution in [0.4, 0.5) is 5.69 Å². The number of amides is 1. The number of aromatic carboxylic acids is 1. The molecule has 0 bridgehead atoms. The van der Waals surface area contributed by atoms with Crippen molar-refractivity contribution in [2.24, 2.45) is 0 Å². The van der Waals surface area contributed by atoms with Crippen molar-refractivity contribution in [2.75, 3.05) is 5.32 Å². The fourth-order valence-electron chi connectivity index (χ4n) is 2.55. The molecule has 3 aromatic rings. The van der Waals surface area contributed by atoms with Gasteiger partial charge in [-0.15, -0.1) is 0 Å². The predicted molar refractivity (Wildman–Crippen MR) is 114 cm³/mol. The Hall–Kier alpha value is -3.71. The van der Waals surface area contributed by atoms with Gasteiger partial charge < -0.3 is 15.2 Å². The van der Waals surface area contributed by atoms with Crippen LogP contribution < -0.4 is 15.4 Å². The highest BCUT2D eigenvalue weighted by Crippen LogP contribution is 2.16. The maximum Gasteiger partial charge on any atom is 0.337 e. The Labute approximate surface area is 173 Å². The number of thiocarbonyl (C=S) groups is 1. The molecule has 1 amide bonds. The largest absolute Gasteiger partial charge is 0.489 e.